The molecule has 2 aliphatic rings. The molecule has 1 aliphatic heterocycles. The summed E-state index contributed by atoms with van der Waals surface area (Å²) in [6.45, 7) is 2.07. The maximum Gasteiger partial charge on any atom is 0.347 e. The number of carboxylic acid groups (broad SMARTS) is 2. The summed E-state index contributed by atoms with van der Waals surface area (Å²) in [5.41, 5.74) is -0.624. The van der Waals surface area contributed by atoms with Gasteiger partial charge >= 0.3 is 11.9 Å². The van der Waals surface area contributed by atoms with Crippen LogP contribution in [0.5, 0.6) is 0 Å². The molecule has 1 heterocycles. The summed E-state index contributed by atoms with van der Waals surface area (Å²) >= 11 is 0. The summed E-state index contributed by atoms with van der Waals surface area (Å²) in [5.74, 6) is -2.37. The largest absolute Gasteiger partial charge is 0.479 e. The second-order valence-electron chi connectivity index (χ2n) is 4.45. The number of aliphatic carboxylic acids is 2. The van der Waals surface area contributed by atoms with E-state index in [2.05, 4.69) is 11.9 Å². The molecule has 1 aliphatic carbocycles. The molecule has 0 aromatic carbocycles. The lowest BCUT2D eigenvalue weighted by Crippen LogP contribution is -2.42. The summed E-state index contributed by atoms with van der Waals surface area (Å²) in [6.07, 6.45) is 3.63. The number of aliphatic imine (C=N–C) groups is 1. The third kappa shape index (κ3) is 1.43. The Bertz CT molecular complexity index is 408. The van der Waals surface area contributed by atoms with E-state index in [1.807, 2.05) is 0 Å². The minimum atomic E-state index is -2.07. The van der Waals surface area contributed by atoms with Gasteiger partial charge in [0.1, 0.15) is 0 Å². The first-order chi connectivity index (χ1) is 7.45. The summed E-state index contributed by atoms with van der Waals surface area (Å²) in [4.78, 5) is 26.0. The number of hydrogen-bond donors (Lipinski definition) is 2. The van der Waals surface area contributed by atoms with E-state index >= 15 is 0 Å². The lowest BCUT2D eigenvalue weighted by Gasteiger charge is -2.19. The van der Waals surface area contributed by atoms with Crippen molar-refractivity contribution in [2.45, 2.75) is 31.7 Å². The Morgan fingerprint density at radius 3 is 2.62 bits per heavy atom. The molecular formula is C11H13NO4. The van der Waals surface area contributed by atoms with Crippen molar-refractivity contribution >= 4 is 17.7 Å². The van der Waals surface area contributed by atoms with Crippen LogP contribution in [0.4, 0.5) is 0 Å². The minimum Gasteiger partial charge on any atom is -0.479 e. The lowest BCUT2D eigenvalue weighted by atomic mass is 9.85. The number of nitrogens with zero attached hydrogens (tertiary/aromatic N) is 1. The number of rotatable bonds is 2. The van der Waals surface area contributed by atoms with Crippen LogP contribution in [0, 0.1) is 5.92 Å². The SMILES string of the molecule is CC1CCC2=NC(C(=O)O)(C(=O)O)C=C2C1. The van der Waals surface area contributed by atoms with Gasteiger partial charge in [0, 0.05) is 5.71 Å². The number of hydrogen-bond acceptors (Lipinski definition) is 3. The Morgan fingerprint density at radius 2 is 2.06 bits per heavy atom. The third-order valence-electron chi connectivity index (χ3n) is 3.16. The first kappa shape index (κ1) is 10.9. The summed E-state index contributed by atoms with van der Waals surface area (Å²) in [6, 6.07) is 0. The third-order valence-corrected chi connectivity index (χ3v) is 3.16. The smallest absolute Gasteiger partial charge is 0.347 e. The van der Waals surface area contributed by atoms with Gasteiger partial charge in [-0.3, -0.25) is 4.99 Å². The van der Waals surface area contributed by atoms with Gasteiger partial charge in [0.05, 0.1) is 0 Å². The molecule has 5 nitrogen and oxygen atoms in total. The topological polar surface area (TPSA) is 87.0 Å². The van der Waals surface area contributed by atoms with Crippen molar-refractivity contribution in [3.8, 4) is 0 Å². The highest BCUT2D eigenvalue weighted by Gasteiger charge is 2.49. The van der Waals surface area contributed by atoms with Crippen LogP contribution >= 0.6 is 0 Å². The Balaban J connectivity index is 2.44. The molecule has 5 heteroatoms. The van der Waals surface area contributed by atoms with Gasteiger partial charge in [-0.25, -0.2) is 9.59 Å². The molecule has 2 rings (SSSR count). The van der Waals surface area contributed by atoms with Crippen LogP contribution in [0.25, 0.3) is 0 Å². The molecule has 16 heavy (non-hydrogen) atoms. The van der Waals surface area contributed by atoms with E-state index in [0.717, 1.165) is 18.4 Å². The van der Waals surface area contributed by atoms with Crippen molar-refractivity contribution in [3.05, 3.63) is 11.6 Å². The number of allylic oxidation sites excluding steroid dienone is 1. The van der Waals surface area contributed by atoms with Crippen LogP contribution in [0.2, 0.25) is 0 Å². The first-order valence-electron chi connectivity index (χ1n) is 5.23. The molecule has 0 aromatic heterocycles. The van der Waals surface area contributed by atoms with Crippen LogP contribution < -0.4 is 0 Å². The van der Waals surface area contributed by atoms with E-state index in [-0.39, 0.29) is 0 Å². The van der Waals surface area contributed by atoms with Crippen molar-refractivity contribution in [1.82, 2.24) is 0 Å². The highest BCUT2D eigenvalue weighted by molar-refractivity contribution is 6.15. The molecule has 1 saturated carbocycles. The highest BCUT2D eigenvalue weighted by atomic mass is 16.4. The van der Waals surface area contributed by atoms with Gasteiger partial charge in [0.25, 0.3) is 5.54 Å². The van der Waals surface area contributed by atoms with Gasteiger partial charge in [0.2, 0.25) is 0 Å². The zero-order valence-corrected chi connectivity index (χ0v) is 8.93. The monoisotopic (exact) mass is 223 g/mol. The fraction of sp³-hybridized carbons (Fsp3) is 0.545. The van der Waals surface area contributed by atoms with E-state index in [1.165, 1.54) is 6.08 Å². The fourth-order valence-corrected chi connectivity index (χ4v) is 2.22. The van der Waals surface area contributed by atoms with E-state index in [9.17, 15) is 9.59 Å². The number of carbonyl (C=O) groups is 2. The Labute approximate surface area is 92.5 Å². The molecule has 0 saturated heterocycles. The molecule has 0 amide bonds. The Morgan fingerprint density at radius 1 is 1.44 bits per heavy atom. The molecule has 0 aromatic rings. The van der Waals surface area contributed by atoms with Crippen LogP contribution in [0.15, 0.2) is 16.6 Å². The molecule has 1 unspecified atom stereocenters. The summed E-state index contributed by atoms with van der Waals surface area (Å²) < 4.78 is 0. The Kier molecular flexibility index (Phi) is 2.33. The zero-order chi connectivity index (χ0) is 11.9. The molecule has 86 valence electrons. The molecular weight excluding hydrogens is 210 g/mol. The lowest BCUT2D eigenvalue weighted by molar-refractivity contribution is -0.153. The quantitative estimate of drug-likeness (QED) is 0.686. The van der Waals surface area contributed by atoms with E-state index in [1.54, 1.807) is 0 Å². The predicted molar refractivity (Wildman–Crippen MR) is 56.5 cm³/mol. The van der Waals surface area contributed by atoms with Gasteiger partial charge in [-0.1, -0.05) is 6.92 Å². The first-order valence-corrected chi connectivity index (χ1v) is 5.23. The molecule has 0 bridgehead atoms. The van der Waals surface area contributed by atoms with Crippen molar-refractivity contribution in [2.75, 3.05) is 0 Å². The molecule has 1 atom stereocenters. The molecule has 0 spiro atoms. The van der Waals surface area contributed by atoms with Gasteiger partial charge in [-0.15, -0.1) is 0 Å². The normalized spacial score (nSPS) is 26.7. The second kappa shape index (κ2) is 3.43. The standard InChI is InChI=1S/C11H13NO4/c1-6-2-3-8-7(4-6)5-11(12-8,9(13)14)10(15)16/h5-6H,2-4H2,1H3,(H,13,14)(H,15,16). The predicted octanol–water partition coefficient (Wildman–Crippen LogP) is 1.10. The van der Waals surface area contributed by atoms with Crippen molar-refractivity contribution in [1.29, 1.82) is 0 Å². The van der Waals surface area contributed by atoms with E-state index in [4.69, 9.17) is 10.2 Å². The zero-order valence-electron chi connectivity index (χ0n) is 8.93. The average molecular weight is 223 g/mol. The van der Waals surface area contributed by atoms with Gasteiger partial charge < -0.3 is 10.2 Å². The van der Waals surface area contributed by atoms with Crippen LogP contribution in [-0.2, 0) is 9.59 Å². The molecule has 1 fully saturated rings. The van der Waals surface area contributed by atoms with Crippen LogP contribution in [-0.4, -0.2) is 33.4 Å². The number of carboxylic acids is 2. The van der Waals surface area contributed by atoms with E-state index in [0.29, 0.717) is 18.1 Å². The van der Waals surface area contributed by atoms with Gasteiger partial charge in [-0.2, -0.15) is 0 Å². The molecule has 0 radical (unpaired) electrons. The minimum absolute atomic E-state index is 0.462. The van der Waals surface area contributed by atoms with Crippen LogP contribution in [0.3, 0.4) is 0 Å². The summed E-state index contributed by atoms with van der Waals surface area (Å²) in [7, 11) is 0. The van der Waals surface area contributed by atoms with Gasteiger partial charge in [-0.05, 0) is 36.8 Å². The van der Waals surface area contributed by atoms with Crippen LogP contribution in [0.1, 0.15) is 26.2 Å². The van der Waals surface area contributed by atoms with Crippen molar-refractivity contribution in [2.24, 2.45) is 10.9 Å². The maximum atomic E-state index is 11.1. The van der Waals surface area contributed by atoms with Crippen molar-refractivity contribution < 1.29 is 19.8 Å². The maximum absolute atomic E-state index is 11.1. The number of fused-ring (bicyclic) bond motifs is 1. The highest BCUT2D eigenvalue weighted by Crippen LogP contribution is 2.35. The van der Waals surface area contributed by atoms with Crippen molar-refractivity contribution in [3.63, 3.8) is 0 Å². The Hall–Kier alpha value is -1.65. The van der Waals surface area contributed by atoms with E-state index < -0.39 is 17.5 Å². The average Bonchev–Trinajstić information content (AvgIpc) is 2.57. The fourth-order valence-electron chi connectivity index (χ4n) is 2.22. The molecule has 2 N–H and O–H groups in total. The second-order valence-corrected chi connectivity index (χ2v) is 4.45. The summed E-state index contributed by atoms with van der Waals surface area (Å²) in [5, 5.41) is 18.0. The van der Waals surface area contributed by atoms with Gasteiger partial charge in [0.15, 0.2) is 0 Å².